The SMILES string of the molecule is CCN(CC)c1ccc(NC(=O)CCN(CCc2ccccc2F)C(C)=O)cc1. The first-order valence-electron chi connectivity index (χ1n) is 10.1. The Kier molecular flexibility index (Phi) is 8.65. The van der Waals surface area contributed by atoms with Crippen molar-refractivity contribution in [3.63, 3.8) is 0 Å². The number of anilines is 2. The lowest BCUT2D eigenvalue weighted by molar-refractivity contribution is -0.129. The van der Waals surface area contributed by atoms with Crippen molar-refractivity contribution < 1.29 is 14.0 Å². The van der Waals surface area contributed by atoms with E-state index in [-0.39, 0.29) is 24.1 Å². The maximum Gasteiger partial charge on any atom is 0.226 e. The summed E-state index contributed by atoms with van der Waals surface area (Å²) < 4.78 is 13.8. The number of nitrogens with one attached hydrogen (secondary N) is 1. The second-order valence-electron chi connectivity index (χ2n) is 6.86. The van der Waals surface area contributed by atoms with Crippen molar-refractivity contribution in [1.82, 2.24) is 4.90 Å². The number of halogens is 1. The first-order chi connectivity index (χ1) is 13.9. The molecule has 0 radical (unpaired) electrons. The summed E-state index contributed by atoms with van der Waals surface area (Å²) in [5, 5.41) is 2.87. The number of rotatable bonds is 10. The molecule has 0 fully saturated rings. The van der Waals surface area contributed by atoms with Gasteiger partial charge in [0, 0.05) is 50.9 Å². The normalized spacial score (nSPS) is 10.5. The molecule has 2 rings (SSSR count). The summed E-state index contributed by atoms with van der Waals surface area (Å²) in [6, 6.07) is 14.3. The van der Waals surface area contributed by atoms with Crippen LogP contribution >= 0.6 is 0 Å². The minimum absolute atomic E-state index is 0.127. The minimum Gasteiger partial charge on any atom is -0.372 e. The molecule has 0 heterocycles. The Morgan fingerprint density at radius 1 is 0.966 bits per heavy atom. The second kappa shape index (κ2) is 11.2. The van der Waals surface area contributed by atoms with Crippen LogP contribution in [0.5, 0.6) is 0 Å². The van der Waals surface area contributed by atoms with Gasteiger partial charge in [-0.25, -0.2) is 4.39 Å². The number of nitrogens with zero attached hydrogens (tertiary/aromatic N) is 2. The summed E-state index contributed by atoms with van der Waals surface area (Å²) in [6.45, 7) is 8.20. The van der Waals surface area contributed by atoms with E-state index in [4.69, 9.17) is 0 Å². The standard InChI is InChI=1S/C23H30FN3O2/c1-4-26(5-2)21-12-10-20(11-13-21)25-23(29)15-17-27(18(3)28)16-14-19-8-6-7-9-22(19)24/h6-13H,4-5,14-17H2,1-3H3,(H,25,29). The molecule has 29 heavy (non-hydrogen) atoms. The van der Waals surface area contributed by atoms with Crippen molar-refractivity contribution >= 4 is 23.2 Å². The summed E-state index contributed by atoms with van der Waals surface area (Å²) in [6.07, 6.45) is 0.606. The van der Waals surface area contributed by atoms with E-state index in [2.05, 4.69) is 24.1 Å². The molecule has 1 N–H and O–H groups in total. The van der Waals surface area contributed by atoms with Gasteiger partial charge in [-0.3, -0.25) is 9.59 Å². The molecule has 2 amide bonds. The van der Waals surface area contributed by atoms with Gasteiger partial charge in [-0.1, -0.05) is 18.2 Å². The van der Waals surface area contributed by atoms with Gasteiger partial charge in [0.25, 0.3) is 0 Å². The van der Waals surface area contributed by atoms with Gasteiger partial charge in [0.2, 0.25) is 11.8 Å². The largest absolute Gasteiger partial charge is 0.372 e. The minimum atomic E-state index is -0.276. The van der Waals surface area contributed by atoms with Crippen molar-refractivity contribution in [3.8, 4) is 0 Å². The fraction of sp³-hybridized carbons (Fsp3) is 0.391. The first-order valence-corrected chi connectivity index (χ1v) is 10.1. The van der Waals surface area contributed by atoms with Gasteiger partial charge in [0.15, 0.2) is 0 Å². The Hall–Kier alpha value is -2.89. The van der Waals surface area contributed by atoms with E-state index < -0.39 is 0 Å². The van der Waals surface area contributed by atoms with Gasteiger partial charge in [-0.15, -0.1) is 0 Å². The molecule has 0 aliphatic rings. The van der Waals surface area contributed by atoms with E-state index in [1.165, 1.54) is 13.0 Å². The molecule has 2 aromatic carbocycles. The van der Waals surface area contributed by atoms with Crippen LogP contribution in [0.1, 0.15) is 32.8 Å². The third kappa shape index (κ3) is 6.89. The van der Waals surface area contributed by atoms with E-state index in [0.29, 0.717) is 25.1 Å². The Bertz CT molecular complexity index is 804. The molecule has 0 unspecified atom stereocenters. The van der Waals surface area contributed by atoms with Crippen LogP contribution < -0.4 is 10.2 Å². The Balaban J connectivity index is 1.85. The zero-order chi connectivity index (χ0) is 21.2. The predicted octanol–water partition coefficient (Wildman–Crippen LogP) is 4.09. The van der Waals surface area contributed by atoms with E-state index in [1.807, 2.05) is 24.3 Å². The van der Waals surface area contributed by atoms with E-state index in [9.17, 15) is 14.0 Å². The average molecular weight is 400 g/mol. The number of hydrogen-bond acceptors (Lipinski definition) is 3. The van der Waals surface area contributed by atoms with Gasteiger partial charge in [-0.05, 0) is 56.2 Å². The van der Waals surface area contributed by atoms with Gasteiger partial charge < -0.3 is 15.1 Å². The van der Waals surface area contributed by atoms with Crippen LogP contribution in [0.4, 0.5) is 15.8 Å². The highest BCUT2D eigenvalue weighted by molar-refractivity contribution is 5.91. The first kappa shape index (κ1) is 22.4. The summed E-state index contributed by atoms with van der Waals surface area (Å²) in [4.78, 5) is 28.0. The molecule has 0 saturated heterocycles. The average Bonchev–Trinajstić information content (AvgIpc) is 2.71. The smallest absolute Gasteiger partial charge is 0.226 e. The Morgan fingerprint density at radius 2 is 1.62 bits per heavy atom. The Morgan fingerprint density at radius 3 is 2.21 bits per heavy atom. The number of hydrogen-bond donors (Lipinski definition) is 1. The van der Waals surface area contributed by atoms with Crippen LogP contribution in [0.25, 0.3) is 0 Å². The predicted molar refractivity (Wildman–Crippen MR) is 116 cm³/mol. The van der Waals surface area contributed by atoms with Crippen LogP contribution in [0.15, 0.2) is 48.5 Å². The molecule has 156 valence electrons. The van der Waals surface area contributed by atoms with Gasteiger partial charge in [0.05, 0.1) is 0 Å². The highest BCUT2D eigenvalue weighted by atomic mass is 19.1. The van der Waals surface area contributed by atoms with Crippen LogP contribution in [0.2, 0.25) is 0 Å². The number of carbonyl (C=O) groups excluding carboxylic acids is 2. The molecule has 0 spiro atoms. The molecule has 0 aromatic heterocycles. The molecule has 5 nitrogen and oxygen atoms in total. The molecule has 0 aliphatic carbocycles. The van der Waals surface area contributed by atoms with Crippen molar-refractivity contribution in [2.75, 3.05) is 36.4 Å². The highest BCUT2D eigenvalue weighted by Gasteiger charge is 2.13. The molecular formula is C23H30FN3O2. The van der Waals surface area contributed by atoms with E-state index in [0.717, 1.165) is 24.5 Å². The van der Waals surface area contributed by atoms with Gasteiger partial charge in [0.1, 0.15) is 5.82 Å². The third-order valence-electron chi connectivity index (χ3n) is 4.94. The maximum absolute atomic E-state index is 13.8. The lowest BCUT2D eigenvalue weighted by Crippen LogP contribution is -2.33. The van der Waals surface area contributed by atoms with Crippen LogP contribution in [0.3, 0.4) is 0 Å². The second-order valence-corrected chi connectivity index (χ2v) is 6.86. The molecule has 0 bridgehead atoms. The number of amides is 2. The fourth-order valence-electron chi connectivity index (χ4n) is 3.19. The maximum atomic E-state index is 13.8. The lowest BCUT2D eigenvalue weighted by Gasteiger charge is -2.22. The number of carbonyl (C=O) groups is 2. The zero-order valence-corrected chi connectivity index (χ0v) is 17.5. The van der Waals surface area contributed by atoms with Crippen LogP contribution in [-0.2, 0) is 16.0 Å². The van der Waals surface area contributed by atoms with Crippen LogP contribution in [0, 0.1) is 5.82 Å². The summed E-state index contributed by atoms with van der Waals surface area (Å²) in [7, 11) is 0. The Labute approximate surface area is 172 Å². The molecule has 6 heteroatoms. The zero-order valence-electron chi connectivity index (χ0n) is 17.5. The lowest BCUT2D eigenvalue weighted by atomic mass is 10.1. The molecule has 0 atom stereocenters. The molecule has 0 saturated carbocycles. The van der Waals surface area contributed by atoms with Gasteiger partial charge in [-0.2, -0.15) is 0 Å². The summed E-state index contributed by atoms with van der Waals surface area (Å²) in [5.41, 5.74) is 2.41. The van der Waals surface area contributed by atoms with Crippen molar-refractivity contribution in [2.24, 2.45) is 0 Å². The molecular weight excluding hydrogens is 369 g/mol. The van der Waals surface area contributed by atoms with Crippen molar-refractivity contribution in [1.29, 1.82) is 0 Å². The van der Waals surface area contributed by atoms with Gasteiger partial charge >= 0.3 is 0 Å². The highest BCUT2D eigenvalue weighted by Crippen LogP contribution is 2.18. The quantitative estimate of drug-likeness (QED) is 0.655. The fourth-order valence-corrected chi connectivity index (χ4v) is 3.19. The van der Waals surface area contributed by atoms with Crippen molar-refractivity contribution in [2.45, 2.75) is 33.6 Å². The van der Waals surface area contributed by atoms with E-state index >= 15 is 0 Å². The summed E-state index contributed by atoms with van der Waals surface area (Å²) >= 11 is 0. The van der Waals surface area contributed by atoms with Crippen LogP contribution in [-0.4, -0.2) is 42.9 Å². The molecule has 0 aliphatic heterocycles. The summed E-state index contributed by atoms with van der Waals surface area (Å²) in [5.74, 6) is -0.558. The topological polar surface area (TPSA) is 52.7 Å². The third-order valence-corrected chi connectivity index (χ3v) is 4.94. The van der Waals surface area contributed by atoms with Crippen molar-refractivity contribution in [3.05, 3.63) is 59.9 Å². The number of benzene rings is 2. The monoisotopic (exact) mass is 399 g/mol. The molecule has 2 aromatic rings. The van der Waals surface area contributed by atoms with E-state index in [1.54, 1.807) is 23.1 Å².